The van der Waals surface area contributed by atoms with Gasteiger partial charge in [0.15, 0.2) is 0 Å². The third-order valence-corrected chi connectivity index (χ3v) is 5.62. The van der Waals surface area contributed by atoms with Crippen LogP contribution in [0.25, 0.3) is 10.8 Å². The summed E-state index contributed by atoms with van der Waals surface area (Å²) < 4.78 is 6.14. The Bertz CT molecular complexity index is 936. The molecule has 0 amide bonds. The highest BCUT2D eigenvalue weighted by molar-refractivity contribution is 5.83. The summed E-state index contributed by atoms with van der Waals surface area (Å²) in [6, 6.07) is 25.4. The third kappa shape index (κ3) is 7.46. The highest BCUT2D eigenvalue weighted by atomic mass is 16.5. The van der Waals surface area contributed by atoms with Gasteiger partial charge < -0.3 is 15.2 Å². The molecule has 166 valence electrons. The van der Waals surface area contributed by atoms with Crippen LogP contribution < -0.4 is 5.32 Å². The molecule has 0 radical (unpaired) electrons. The number of fused-ring (bicyclic) bond motifs is 1. The van der Waals surface area contributed by atoms with Gasteiger partial charge in [-0.3, -0.25) is 0 Å². The van der Waals surface area contributed by atoms with Crippen LogP contribution in [-0.4, -0.2) is 29.9 Å². The fraction of sp³-hybridized carbons (Fsp3) is 0.429. The summed E-state index contributed by atoms with van der Waals surface area (Å²) in [6.07, 6.45) is 1.30. The quantitative estimate of drug-likeness (QED) is 0.406. The minimum Gasteiger partial charge on any atom is -0.389 e. The monoisotopic (exact) mass is 419 g/mol. The number of rotatable bonds is 11. The van der Waals surface area contributed by atoms with Crippen LogP contribution in [0.15, 0.2) is 72.8 Å². The van der Waals surface area contributed by atoms with Crippen molar-refractivity contribution < 1.29 is 9.84 Å². The number of nitrogens with one attached hydrogen (secondary N) is 1. The standard InChI is InChI=1S/C28H37NO2/c1-21(2)16-27(24-11-6-5-7-12-24)31-20-26(30)19-29-28(3,4)18-22-14-15-23-10-8-9-13-25(23)17-22/h5-15,17,21,26-27,29-30H,16,18-20H2,1-4H3/t26-,27?/m1/s1. The van der Waals surface area contributed by atoms with Crippen molar-refractivity contribution in [2.24, 2.45) is 5.92 Å². The minimum absolute atomic E-state index is 0.0152. The van der Waals surface area contributed by atoms with Crippen LogP contribution in [-0.2, 0) is 11.2 Å². The van der Waals surface area contributed by atoms with Gasteiger partial charge in [0, 0.05) is 12.1 Å². The number of aliphatic hydroxyl groups excluding tert-OH is 1. The molecule has 31 heavy (non-hydrogen) atoms. The summed E-state index contributed by atoms with van der Waals surface area (Å²) in [7, 11) is 0. The lowest BCUT2D eigenvalue weighted by Gasteiger charge is -2.29. The SMILES string of the molecule is CC(C)CC(OC[C@H](O)CNC(C)(C)Cc1ccc2ccccc2c1)c1ccccc1. The van der Waals surface area contributed by atoms with Crippen LogP contribution in [0, 0.1) is 5.92 Å². The van der Waals surface area contributed by atoms with Crippen molar-refractivity contribution in [1.82, 2.24) is 5.32 Å². The van der Waals surface area contributed by atoms with E-state index in [-0.39, 0.29) is 11.6 Å². The van der Waals surface area contributed by atoms with Gasteiger partial charge in [0.1, 0.15) is 0 Å². The molecule has 0 aliphatic carbocycles. The molecule has 0 saturated carbocycles. The van der Waals surface area contributed by atoms with E-state index in [0.717, 1.165) is 12.8 Å². The van der Waals surface area contributed by atoms with Crippen LogP contribution in [0.4, 0.5) is 0 Å². The first-order valence-corrected chi connectivity index (χ1v) is 11.4. The van der Waals surface area contributed by atoms with Gasteiger partial charge in [-0.15, -0.1) is 0 Å². The Balaban J connectivity index is 1.51. The molecule has 3 aromatic carbocycles. The molecule has 0 heterocycles. The lowest BCUT2D eigenvalue weighted by atomic mass is 9.93. The van der Waals surface area contributed by atoms with Gasteiger partial charge in [0.25, 0.3) is 0 Å². The maximum Gasteiger partial charge on any atom is 0.0898 e. The van der Waals surface area contributed by atoms with Crippen LogP contribution in [0.3, 0.4) is 0 Å². The summed E-state index contributed by atoms with van der Waals surface area (Å²) in [6.45, 7) is 9.59. The summed E-state index contributed by atoms with van der Waals surface area (Å²) in [4.78, 5) is 0. The van der Waals surface area contributed by atoms with E-state index in [4.69, 9.17) is 4.74 Å². The predicted octanol–water partition coefficient (Wildman–Crippen LogP) is 5.92. The molecule has 0 fully saturated rings. The molecule has 0 aliphatic heterocycles. The Labute approximate surface area is 187 Å². The molecule has 3 heteroatoms. The van der Waals surface area contributed by atoms with E-state index in [0.29, 0.717) is 19.1 Å². The van der Waals surface area contributed by atoms with Crippen LogP contribution >= 0.6 is 0 Å². The van der Waals surface area contributed by atoms with Crippen molar-refractivity contribution in [2.75, 3.05) is 13.2 Å². The van der Waals surface area contributed by atoms with Gasteiger partial charge >= 0.3 is 0 Å². The zero-order chi connectivity index (χ0) is 22.3. The Morgan fingerprint density at radius 1 is 0.903 bits per heavy atom. The first-order chi connectivity index (χ1) is 14.8. The molecule has 0 bridgehead atoms. The second-order valence-electron chi connectivity index (χ2n) is 9.64. The van der Waals surface area contributed by atoms with Crippen LogP contribution in [0.1, 0.15) is 51.3 Å². The largest absolute Gasteiger partial charge is 0.389 e. The normalized spacial score (nSPS) is 14.1. The summed E-state index contributed by atoms with van der Waals surface area (Å²) in [5.41, 5.74) is 2.34. The van der Waals surface area contributed by atoms with Crippen molar-refractivity contribution in [3.05, 3.63) is 83.9 Å². The summed E-state index contributed by atoms with van der Waals surface area (Å²) in [5, 5.41) is 16.6. The Kier molecular flexibility index (Phi) is 8.25. The molecule has 2 atom stereocenters. The van der Waals surface area contributed by atoms with Crippen molar-refractivity contribution >= 4 is 10.8 Å². The van der Waals surface area contributed by atoms with Crippen LogP contribution in [0.5, 0.6) is 0 Å². The van der Waals surface area contributed by atoms with E-state index >= 15 is 0 Å². The fourth-order valence-electron chi connectivity index (χ4n) is 4.00. The molecule has 3 aromatic rings. The van der Waals surface area contributed by atoms with Gasteiger partial charge in [0.2, 0.25) is 0 Å². The molecule has 0 aliphatic rings. The zero-order valence-electron chi connectivity index (χ0n) is 19.3. The first-order valence-electron chi connectivity index (χ1n) is 11.4. The summed E-state index contributed by atoms with van der Waals surface area (Å²) >= 11 is 0. The van der Waals surface area contributed by atoms with Gasteiger partial charge in [-0.05, 0) is 54.5 Å². The van der Waals surface area contributed by atoms with Crippen LogP contribution in [0.2, 0.25) is 0 Å². The Morgan fingerprint density at radius 2 is 1.58 bits per heavy atom. The molecule has 3 nitrogen and oxygen atoms in total. The van der Waals surface area contributed by atoms with E-state index in [1.807, 2.05) is 18.2 Å². The molecule has 3 rings (SSSR count). The molecule has 2 N–H and O–H groups in total. The van der Waals surface area contributed by atoms with Gasteiger partial charge in [-0.1, -0.05) is 86.6 Å². The van der Waals surface area contributed by atoms with E-state index in [9.17, 15) is 5.11 Å². The molecule has 0 saturated heterocycles. The lowest BCUT2D eigenvalue weighted by Crippen LogP contribution is -2.46. The predicted molar refractivity (Wildman–Crippen MR) is 130 cm³/mol. The van der Waals surface area contributed by atoms with Crippen molar-refractivity contribution in [3.8, 4) is 0 Å². The maximum absolute atomic E-state index is 10.6. The van der Waals surface area contributed by atoms with Crippen molar-refractivity contribution in [3.63, 3.8) is 0 Å². The maximum atomic E-state index is 10.6. The average molecular weight is 420 g/mol. The number of benzene rings is 3. The molecule has 1 unspecified atom stereocenters. The zero-order valence-corrected chi connectivity index (χ0v) is 19.3. The van der Waals surface area contributed by atoms with E-state index in [1.165, 1.54) is 21.9 Å². The van der Waals surface area contributed by atoms with Gasteiger partial charge in [0.05, 0.1) is 18.8 Å². The third-order valence-electron chi connectivity index (χ3n) is 5.62. The van der Waals surface area contributed by atoms with E-state index in [2.05, 4.69) is 87.6 Å². The topological polar surface area (TPSA) is 41.5 Å². The van der Waals surface area contributed by atoms with Gasteiger partial charge in [-0.25, -0.2) is 0 Å². The Morgan fingerprint density at radius 3 is 2.29 bits per heavy atom. The number of hydrogen-bond donors (Lipinski definition) is 2. The lowest BCUT2D eigenvalue weighted by molar-refractivity contribution is -0.0198. The molecule has 0 spiro atoms. The molecular weight excluding hydrogens is 382 g/mol. The fourth-order valence-corrected chi connectivity index (χ4v) is 4.00. The number of β-amino-alcohol motifs (C(OH)–C–C–N with tert-alkyl or cyclic N) is 1. The number of hydrogen-bond acceptors (Lipinski definition) is 3. The number of ether oxygens (including phenoxy) is 1. The first kappa shape index (κ1) is 23.5. The second kappa shape index (κ2) is 10.9. The van der Waals surface area contributed by atoms with Crippen molar-refractivity contribution in [1.29, 1.82) is 0 Å². The second-order valence-corrected chi connectivity index (χ2v) is 9.64. The molecule has 0 aromatic heterocycles. The molecular formula is C28H37NO2. The Hall–Kier alpha value is -2.20. The van der Waals surface area contributed by atoms with E-state index in [1.54, 1.807) is 0 Å². The average Bonchev–Trinajstić information content (AvgIpc) is 2.75. The smallest absolute Gasteiger partial charge is 0.0898 e. The number of aliphatic hydroxyl groups is 1. The highest BCUT2D eigenvalue weighted by Crippen LogP contribution is 2.25. The van der Waals surface area contributed by atoms with Crippen molar-refractivity contribution in [2.45, 2.75) is 58.3 Å². The summed E-state index contributed by atoms with van der Waals surface area (Å²) in [5.74, 6) is 0.529. The highest BCUT2D eigenvalue weighted by Gasteiger charge is 2.21. The minimum atomic E-state index is -0.547. The van der Waals surface area contributed by atoms with Gasteiger partial charge in [-0.2, -0.15) is 0 Å². The van der Waals surface area contributed by atoms with E-state index < -0.39 is 6.10 Å².